The lowest BCUT2D eigenvalue weighted by Gasteiger charge is -2.19. The maximum absolute atomic E-state index is 13.7. The summed E-state index contributed by atoms with van der Waals surface area (Å²) in [5.41, 5.74) is -1.24. The fraction of sp³-hybridized carbons (Fsp3) is 0.226. The summed E-state index contributed by atoms with van der Waals surface area (Å²) in [7, 11) is 4.84. The highest BCUT2D eigenvalue weighted by Gasteiger charge is 2.26. The summed E-state index contributed by atoms with van der Waals surface area (Å²) in [5.74, 6) is -4.49. The van der Waals surface area contributed by atoms with Crippen LogP contribution in [0.5, 0.6) is 17.2 Å². The highest BCUT2D eigenvalue weighted by Crippen LogP contribution is 2.37. The quantitative estimate of drug-likeness (QED) is 0.104. The van der Waals surface area contributed by atoms with Gasteiger partial charge in [0.15, 0.2) is 5.75 Å². The average Bonchev–Trinajstić information content (AvgIpc) is 3.03. The third kappa shape index (κ3) is 8.76. The van der Waals surface area contributed by atoms with Gasteiger partial charge in [0.05, 0.1) is 78.5 Å². The monoisotopic (exact) mass is 680 g/mol. The number of nitro groups is 1. The van der Waals surface area contributed by atoms with Gasteiger partial charge in [0, 0.05) is 32.9 Å². The molecule has 5 amide bonds. The molecule has 0 aliphatic heterocycles. The molecule has 0 atom stereocenters. The number of nitrogens with zero attached hydrogens (tertiary/aromatic N) is 1. The first-order chi connectivity index (χ1) is 23.1. The number of carbonyl (C=O) groups excluding carboxylic acids is 6. The standard InChI is InChI=1S/C31H32N6O12/c1-14(38)32-20-11-23(35-30(42)18-9-28(48-6)25(37(44)45)13-22(18)34-16(3)40)26(46-4)8-17(20)29(41)36-24-12-21(33-15(2)39)19(31(43)49-7)10-27(24)47-5/h8-13H,1-7H3,(H,32,38)(H,33,39)(H,34,40)(H,35,42)(H,36,41). The Labute approximate surface area is 278 Å². The number of nitrogens with one attached hydrogen (secondary N) is 5. The molecule has 5 N–H and O–H groups in total. The molecule has 3 aromatic carbocycles. The average molecular weight is 681 g/mol. The van der Waals surface area contributed by atoms with E-state index in [1.165, 1.54) is 59.4 Å². The number of methoxy groups -OCH3 is 4. The van der Waals surface area contributed by atoms with Crippen LogP contribution < -0.4 is 40.8 Å². The van der Waals surface area contributed by atoms with Crippen LogP contribution in [0, 0.1) is 10.1 Å². The molecule has 0 heterocycles. The van der Waals surface area contributed by atoms with Gasteiger partial charge in [-0.15, -0.1) is 0 Å². The normalized spacial score (nSPS) is 10.2. The molecule has 18 heteroatoms. The summed E-state index contributed by atoms with van der Waals surface area (Å²) in [5, 5.41) is 24.1. The molecule has 258 valence electrons. The van der Waals surface area contributed by atoms with Crippen LogP contribution in [0.15, 0.2) is 36.4 Å². The zero-order valence-electron chi connectivity index (χ0n) is 27.3. The number of hydrogen-bond acceptors (Lipinski definition) is 12. The van der Waals surface area contributed by atoms with Crippen molar-refractivity contribution in [2.75, 3.05) is 55.0 Å². The van der Waals surface area contributed by atoms with Gasteiger partial charge in [0.2, 0.25) is 17.7 Å². The van der Waals surface area contributed by atoms with Gasteiger partial charge in [0.25, 0.3) is 11.8 Å². The molecule has 0 aromatic heterocycles. The molecule has 0 saturated heterocycles. The van der Waals surface area contributed by atoms with Crippen molar-refractivity contribution in [1.82, 2.24) is 0 Å². The molecule has 0 spiro atoms. The zero-order chi connectivity index (χ0) is 36.6. The fourth-order valence-electron chi connectivity index (χ4n) is 4.48. The van der Waals surface area contributed by atoms with E-state index in [1.807, 2.05) is 0 Å². The van der Waals surface area contributed by atoms with Gasteiger partial charge in [0.1, 0.15) is 11.5 Å². The van der Waals surface area contributed by atoms with E-state index in [2.05, 4.69) is 26.6 Å². The maximum atomic E-state index is 13.7. The molecule has 49 heavy (non-hydrogen) atoms. The highest BCUT2D eigenvalue weighted by molar-refractivity contribution is 6.15. The number of ether oxygens (including phenoxy) is 4. The maximum Gasteiger partial charge on any atom is 0.340 e. The Hall–Kier alpha value is -6.72. The fourth-order valence-corrected chi connectivity index (χ4v) is 4.48. The Balaban J connectivity index is 2.11. The third-order valence-electron chi connectivity index (χ3n) is 6.52. The Bertz CT molecular complexity index is 1870. The molecule has 0 unspecified atom stereocenters. The minimum Gasteiger partial charge on any atom is -0.495 e. The first-order valence-corrected chi connectivity index (χ1v) is 14.0. The number of carbonyl (C=O) groups is 6. The molecule has 18 nitrogen and oxygen atoms in total. The summed E-state index contributed by atoms with van der Waals surface area (Å²) in [6.07, 6.45) is 0. The topological polar surface area (TPSA) is 243 Å². The van der Waals surface area contributed by atoms with Gasteiger partial charge in [-0.05, 0) is 24.3 Å². The van der Waals surface area contributed by atoms with Crippen LogP contribution in [0.1, 0.15) is 51.8 Å². The zero-order valence-corrected chi connectivity index (χ0v) is 27.3. The van der Waals surface area contributed by atoms with Crippen molar-refractivity contribution >= 4 is 69.6 Å². The van der Waals surface area contributed by atoms with E-state index in [0.717, 1.165) is 26.2 Å². The van der Waals surface area contributed by atoms with Gasteiger partial charge in [-0.1, -0.05) is 0 Å². The lowest BCUT2D eigenvalue weighted by molar-refractivity contribution is -0.385. The molecule has 0 radical (unpaired) electrons. The van der Waals surface area contributed by atoms with Crippen LogP contribution in [-0.4, -0.2) is 68.9 Å². The van der Waals surface area contributed by atoms with E-state index < -0.39 is 46.1 Å². The van der Waals surface area contributed by atoms with E-state index in [1.54, 1.807) is 0 Å². The molecular formula is C31H32N6O12. The van der Waals surface area contributed by atoms with Crippen LogP contribution in [-0.2, 0) is 19.1 Å². The number of rotatable bonds is 12. The van der Waals surface area contributed by atoms with Crippen molar-refractivity contribution < 1.29 is 52.6 Å². The van der Waals surface area contributed by atoms with Crippen molar-refractivity contribution in [3.63, 3.8) is 0 Å². The Morgan fingerprint density at radius 2 is 0.898 bits per heavy atom. The summed E-state index contributed by atoms with van der Waals surface area (Å²) >= 11 is 0. The molecular weight excluding hydrogens is 648 g/mol. The van der Waals surface area contributed by atoms with E-state index >= 15 is 0 Å². The summed E-state index contributed by atoms with van der Waals surface area (Å²) < 4.78 is 20.6. The molecule has 3 aromatic rings. The smallest absolute Gasteiger partial charge is 0.340 e. The number of benzene rings is 3. The summed E-state index contributed by atoms with van der Waals surface area (Å²) in [6.45, 7) is 3.55. The predicted octanol–water partition coefficient (Wildman–Crippen LogP) is 3.79. The number of amides is 5. The molecule has 0 aliphatic rings. The van der Waals surface area contributed by atoms with Crippen LogP contribution in [0.4, 0.5) is 34.1 Å². The van der Waals surface area contributed by atoms with E-state index in [-0.39, 0.29) is 62.4 Å². The minimum atomic E-state index is -0.873. The lowest BCUT2D eigenvalue weighted by atomic mass is 10.1. The van der Waals surface area contributed by atoms with Gasteiger partial charge in [-0.2, -0.15) is 0 Å². The first kappa shape index (κ1) is 36.7. The van der Waals surface area contributed by atoms with E-state index in [9.17, 15) is 38.9 Å². The molecule has 0 bridgehead atoms. The van der Waals surface area contributed by atoms with Gasteiger partial charge < -0.3 is 45.5 Å². The highest BCUT2D eigenvalue weighted by atomic mass is 16.6. The lowest BCUT2D eigenvalue weighted by Crippen LogP contribution is -2.20. The Morgan fingerprint density at radius 1 is 0.531 bits per heavy atom. The second-order valence-corrected chi connectivity index (χ2v) is 9.97. The summed E-state index contributed by atoms with van der Waals surface area (Å²) in [6, 6.07) is 7.00. The van der Waals surface area contributed by atoms with Crippen LogP contribution in [0.2, 0.25) is 0 Å². The Kier molecular flexibility index (Phi) is 11.8. The van der Waals surface area contributed by atoms with E-state index in [0.29, 0.717) is 0 Å². The largest absolute Gasteiger partial charge is 0.495 e. The summed E-state index contributed by atoms with van der Waals surface area (Å²) in [4.78, 5) is 86.1. The molecule has 0 saturated carbocycles. The van der Waals surface area contributed by atoms with Crippen LogP contribution in [0.25, 0.3) is 0 Å². The van der Waals surface area contributed by atoms with Crippen molar-refractivity contribution in [3.05, 3.63) is 63.2 Å². The molecule has 0 fully saturated rings. The van der Waals surface area contributed by atoms with Crippen molar-refractivity contribution in [3.8, 4) is 17.2 Å². The first-order valence-electron chi connectivity index (χ1n) is 14.0. The number of hydrogen-bond donors (Lipinski definition) is 5. The SMILES string of the molecule is COC(=O)c1cc(OC)c(NC(=O)c2cc(OC)c(NC(=O)c3cc(OC)c([N+](=O)[O-])cc3NC(C)=O)cc2NC(C)=O)cc1NC(C)=O. The van der Waals surface area contributed by atoms with Gasteiger partial charge >= 0.3 is 11.7 Å². The van der Waals surface area contributed by atoms with Crippen molar-refractivity contribution in [1.29, 1.82) is 0 Å². The second kappa shape index (κ2) is 15.7. The predicted molar refractivity (Wildman–Crippen MR) is 176 cm³/mol. The van der Waals surface area contributed by atoms with Crippen LogP contribution >= 0.6 is 0 Å². The number of anilines is 5. The van der Waals surface area contributed by atoms with Gasteiger partial charge in [-0.25, -0.2) is 4.79 Å². The van der Waals surface area contributed by atoms with Crippen LogP contribution in [0.3, 0.4) is 0 Å². The van der Waals surface area contributed by atoms with Crippen molar-refractivity contribution in [2.24, 2.45) is 0 Å². The molecule has 3 rings (SSSR count). The van der Waals surface area contributed by atoms with Gasteiger partial charge in [-0.3, -0.25) is 34.1 Å². The Morgan fingerprint density at radius 3 is 1.27 bits per heavy atom. The van der Waals surface area contributed by atoms with E-state index in [4.69, 9.17) is 18.9 Å². The number of esters is 1. The minimum absolute atomic E-state index is 0.00896. The number of nitro benzene ring substituents is 1. The van der Waals surface area contributed by atoms with Crippen molar-refractivity contribution in [2.45, 2.75) is 20.8 Å². The third-order valence-corrected chi connectivity index (χ3v) is 6.52. The second-order valence-electron chi connectivity index (χ2n) is 9.97. The molecule has 0 aliphatic carbocycles.